The van der Waals surface area contributed by atoms with Crippen LogP contribution in [0.4, 0.5) is 22.0 Å². The van der Waals surface area contributed by atoms with E-state index in [0.29, 0.717) is 26.2 Å². The predicted octanol–water partition coefficient (Wildman–Crippen LogP) is 0.932. The maximum absolute atomic E-state index is 13.4. The molecule has 9 heteroatoms. The first-order chi connectivity index (χ1) is 9.43. The number of nitrogens with one attached hydrogen (secondary N) is 2. The van der Waals surface area contributed by atoms with Gasteiger partial charge in [0.25, 0.3) is 5.91 Å². The van der Waals surface area contributed by atoms with Crippen LogP contribution in [-0.4, -0.2) is 37.1 Å². The Labute approximate surface area is 110 Å². The first-order valence-corrected chi connectivity index (χ1v) is 5.71. The molecule has 1 fully saturated rings. The third-order valence-electron chi connectivity index (χ3n) is 2.81. The van der Waals surface area contributed by atoms with Crippen LogP contribution in [0.1, 0.15) is 10.4 Å². The van der Waals surface area contributed by atoms with E-state index in [1.165, 1.54) is 5.01 Å². The van der Waals surface area contributed by atoms with Gasteiger partial charge in [-0.3, -0.25) is 10.2 Å². The standard InChI is InChI=1S/C11H10F5N3O/c12-6-5(7(13)9(15)10(16)8(6)14)11(20)18-19-3-1-17-2-4-19/h17H,1-4H2,(H,18,20). The largest absolute Gasteiger partial charge is 0.314 e. The zero-order chi connectivity index (χ0) is 14.9. The van der Waals surface area contributed by atoms with Crippen molar-refractivity contribution in [1.29, 1.82) is 0 Å². The van der Waals surface area contributed by atoms with Crippen LogP contribution < -0.4 is 10.7 Å². The molecule has 1 aromatic rings. The molecule has 0 aliphatic carbocycles. The third kappa shape index (κ3) is 2.59. The lowest BCUT2D eigenvalue weighted by Gasteiger charge is -2.27. The topological polar surface area (TPSA) is 44.4 Å². The van der Waals surface area contributed by atoms with Crippen LogP contribution in [0, 0.1) is 29.1 Å². The first kappa shape index (κ1) is 14.7. The van der Waals surface area contributed by atoms with Crippen LogP contribution in [-0.2, 0) is 0 Å². The van der Waals surface area contributed by atoms with Gasteiger partial charge in [-0.05, 0) is 0 Å². The number of carbonyl (C=O) groups excluding carboxylic acids is 1. The number of rotatable bonds is 2. The lowest BCUT2D eigenvalue weighted by molar-refractivity contribution is 0.0753. The molecule has 0 atom stereocenters. The Kier molecular flexibility index (Phi) is 4.19. The lowest BCUT2D eigenvalue weighted by Crippen LogP contribution is -2.52. The zero-order valence-electron chi connectivity index (χ0n) is 10.1. The molecule has 1 amide bonds. The summed E-state index contributed by atoms with van der Waals surface area (Å²) in [5.41, 5.74) is 0.623. The SMILES string of the molecule is O=C(NN1CCNCC1)c1c(F)c(F)c(F)c(F)c1F. The van der Waals surface area contributed by atoms with Gasteiger partial charge in [-0.1, -0.05) is 0 Å². The van der Waals surface area contributed by atoms with Crippen molar-refractivity contribution in [3.8, 4) is 0 Å². The summed E-state index contributed by atoms with van der Waals surface area (Å²) in [4.78, 5) is 11.7. The number of hydrogen-bond donors (Lipinski definition) is 2. The molecule has 0 radical (unpaired) electrons. The molecular weight excluding hydrogens is 285 g/mol. The van der Waals surface area contributed by atoms with Crippen molar-refractivity contribution in [2.45, 2.75) is 0 Å². The van der Waals surface area contributed by atoms with Crippen molar-refractivity contribution in [2.24, 2.45) is 0 Å². The van der Waals surface area contributed by atoms with E-state index in [9.17, 15) is 26.7 Å². The minimum absolute atomic E-state index is 0.348. The predicted molar refractivity (Wildman–Crippen MR) is 58.1 cm³/mol. The molecule has 1 aliphatic rings. The number of benzene rings is 1. The van der Waals surface area contributed by atoms with Crippen molar-refractivity contribution >= 4 is 5.91 Å². The van der Waals surface area contributed by atoms with Crippen molar-refractivity contribution in [3.05, 3.63) is 34.6 Å². The molecule has 1 heterocycles. The Bertz CT molecular complexity index is 516. The van der Waals surface area contributed by atoms with Crippen molar-refractivity contribution < 1.29 is 26.7 Å². The van der Waals surface area contributed by atoms with Gasteiger partial charge in [-0.15, -0.1) is 0 Å². The molecule has 1 saturated heterocycles. The average molecular weight is 295 g/mol. The molecule has 0 saturated carbocycles. The van der Waals surface area contributed by atoms with Gasteiger partial charge in [0.1, 0.15) is 5.56 Å². The fourth-order valence-electron chi connectivity index (χ4n) is 1.78. The number of piperazine rings is 1. The van der Waals surface area contributed by atoms with E-state index in [2.05, 4.69) is 10.7 Å². The number of nitrogens with zero attached hydrogens (tertiary/aromatic N) is 1. The fourth-order valence-corrected chi connectivity index (χ4v) is 1.78. The molecule has 0 unspecified atom stereocenters. The summed E-state index contributed by atoms with van der Waals surface area (Å²) >= 11 is 0. The van der Waals surface area contributed by atoms with Gasteiger partial charge in [-0.25, -0.2) is 27.0 Å². The van der Waals surface area contributed by atoms with E-state index < -0.39 is 40.6 Å². The highest BCUT2D eigenvalue weighted by molar-refractivity contribution is 5.94. The summed E-state index contributed by atoms with van der Waals surface area (Å²) in [6.07, 6.45) is 0. The fraction of sp³-hybridized carbons (Fsp3) is 0.364. The van der Waals surface area contributed by atoms with E-state index in [-0.39, 0.29) is 0 Å². The van der Waals surface area contributed by atoms with E-state index >= 15 is 0 Å². The summed E-state index contributed by atoms with van der Waals surface area (Å²) in [6, 6.07) is 0. The lowest BCUT2D eigenvalue weighted by atomic mass is 10.1. The van der Waals surface area contributed by atoms with E-state index in [4.69, 9.17) is 0 Å². The van der Waals surface area contributed by atoms with Crippen LogP contribution >= 0.6 is 0 Å². The van der Waals surface area contributed by atoms with E-state index in [0.717, 1.165) is 0 Å². The minimum Gasteiger partial charge on any atom is -0.314 e. The first-order valence-electron chi connectivity index (χ1n) is 5.71. The summed E-state index contributed by atoms with van der Waals surface area (Å²) in [6.45, 7) is 1.75. The molecule has 4 nitrogen and oxygen atoms in total. The summed E-state index contributed by atoms with van der Waals surface area (Å²) in [5.74, 6) is -12.2. The Morgan fingerprint density at radius 2 is 1.35 bits per heavy atom. The monoisotopic (exact) mass is 295 g/mol. The second kappa shape index (κ2) is 5.71. The van der Waals surface area contributed by atoms with Gasteiger partial charge in [0, 0.05) is 26.2 Å². The van der Waals surface area contributed by atoms with Crippen LogP contribution in [0.15, 0.2) is 0 Å². The molecule has 0 aromatic heterocycles. The normalized spacial score (nSPS) is 16.2. The molecule has 0 bridgehead atoms. The second-order valence-electron chi connectivity index (χ2n) is 4.12. The number of carbonyl (C=O) groups is 1. The van der Waals surface area contributed by atoms with Crippen molar-refractivity contribution in [1.82, 2.24) is 15.8 Å². The molecule has 110 valence electrons. The molecule has 0 spiro atoms. The summed E-state index contributed by atoms with van der Waals surface area (Å²) < 4.78 is 65.6. The van der Waals surface area contributed by atoms with E-state index in [1.54, 1.807) is 0 Å². The third-order valence-corrected chi connectivity index (χ3v) is 2.81. The molecule has 2 rings (SSSR count). The van der Waals surface area contributed by atoms with Gasteiger partial charge >= 0.3 is 0 Å². The van der Waals surface area contributed by atoms with Crippen LogP contribution in [0.2, 0.25) is 0 Å². The Balaban J connectivity index is 2.30. The molecule has 2 N–H and O–H groups in total. The zero-order valence-corrected chi connectivity index (χ0v) is 10.1. The van der Waals surface area contributed by atoms with Crippen LogP contribution in [0.25, 0.3) is 0 Å². The van der Waals surface area contributed by atoms with Crippen LogP contribution in [0.3, 0.4) is 0 Å². The van der Waals surface area contributed by atoms with Crippen LogP contribution in [0.5, 0.6) is 0 Å². The number of halogens is 5. The van der Waals surface area contributed by atoms with Gasteiger partial charge in [-0.2, -0.15) is 0 Å². The Morgan fingerprint density at radius 1 is 0.900 bits per heavy atom. The highest BCUT2D eigenvalue weighted by Crippen LogP contribution is 2.22. The van der Waals surface area contributed by atoms with Gasteiger partial charge in [0.15, 0.2) is 23.3 Å². The average Bonchev–Trinajstić information content (AvgIpc) is 2.44. The number of amides is 1. The minimum atomic E-state index is -2.29. The number of hydrazine groups is 1. The molecular formula is C11H10F5N3O. The van der Waals surface area contributed by atoms with Crippen molar-refractivity contribution in [2.75, 3.05) is 26.2 Å². The summed E-state index contributed by atoms with van der Waals surface area (Å²) in [5, 5.41) is 4.30. The Hall–Kier alpha value is -1.74. The number of hydrogen-bond acceptors (Lipinski definition) is 3. The van der Waals surface area contributed by atoms with Gasteiger partial charge < -0.3 is 5.32 Å². The molecule has 1 aliphatic heterocycles. The summed E-state index contributed by atoms with van der Waals surface area (Å²) in [7, 11) is 0. The maximum Gasteiger partial charge on any atom is 0.271 e. The highest BCUT2D eigenvalue weighted by Gasteiger charge is 2.30. The van der Waals surface area contributed by atoms with Gasteiger partial charge in [0.05, 0.1) is 0 Å². The quantitative estimate of drug-likeness (QED) is 0.485. The second-order valence-corrected chi connectivity index (χ2v) is 4.12. The molecule has 20 heavy (non-hydrogen) atoms. The molecule has 1 aromatic carbocycles. The van der Waals surface area contributed by atoms with Crippen molar-refractivity contribution in [3.63, 3.8) is 0 Å². The maximum atomic E-state index is 13.4. The Morgan fingerprint density at radius 3 is 1.85 bits per heavy atom. The highest BCUT2D eigenvalue weighted by atomic mass is 19.2. The van der Waals surface area contributed by atoms with Gasteiger partial charge in [0.2, 0.25) is 5.82 Å². The van der Waals surface area contributed by atoms with E-state index in [1.807, 2.05) is 0 Å². The smallest absolute Gasteiger partial charge is 0.271 e.